The molecule has 0 aliphatic carbocycles. The van der Waals surface area contributed by atoms with Crippen molar-refractivity contribution in [1.82, 2.24) is 19.4 Å². The summed E-state index contributed by atoms with van der Waals surface area (Å²) in [5.74, 6) is 0.620. The van der Waals surface area contributed by atoms with Gasteiger partial charge in [-0.3, -0.25) is 14.2 Å². The third kappa shape index (κ3) is 3.86. The molecule has 1 aliphatic rings. The molecule has 8 heteroatoms. The summed E-state index contributed by atoms with van der Waals surface area (Å²) in [7, 11) is 2.11. The van der Waals surface area contributed by atoms with E-state index in [1.54, 1.807) is 12.3 Å². The fraction of sp³-hybridized carbons (Fsp3) is 0.300. The fourth-order valence-corrected chi connectivity index (χ4v) is 3.30. The molecular weight excluding hydrogens is 356 g/mol. The summed E-state index contributed by atoms with van der Waals surface area (Å²) in [6, 6.07) is 11.0. The van der Waals surface area contributed by atoms with Crippen molar-refractivity contribution in [2.45, 2.75) is 6.54 Å². The third-order valence-electron chi connectivity index (χ3n) is 4.91. The number of piperazine rings is 1. The van der Waals surface area contributed by atoms with Crippen LogP contribution in [0.3, 0.4) is 0 Å². The summed E-state index contributed by atoms with van der Waals surface area (Å²) in [4.78, 5) is 37.7. The van der Waals surface area contributed by atoms with E-state index in [2.05, 4.69) is 32.1 Å². The van der Waals surface area contributed by atoms with Crippen LogP contribution in [0.5, 0.6) is 0 Å². The van der Waals surface area contributed by atoms with E-state index >= 15 is 0 Å². The molecule has 1 saturated heterocycles. The monoisotopic (exact) mass is 378 g/mol. The number of hydrogen-bond acceptors (Lipinski definition) is 6. The summed E-state index contributed by atoms with van der Waals surface area (Å²) in [6.07, 6.45) is 2.89. The molecule has 0 bridgehead atoms. The van der Waals surface area contributed by atoms with Crippen LogP contribution in [-0.2, 0) is 11.3 Å². The van der Waals surface area contributed by atoms with Crippen molar-refractivity contribution in [3.05, 3.63) is 59.1 Å². The average Bonchev–Trinajstić information content (AvgIpc) is 2.71. The lowest BCUT2D eigenvalue weighted by molar-refractivity contribution is -0.116. The Morgan fingerprint density at radius 2 is 1.82 bits per heavy atom. The van der Waals surface area contributed by atoms with Gasteiger partial charge in [-0.1, -0.05) is 12.1 Å². The SMILES string of the molecule is CN1CCN(c2ccc(NC(=O)Cn3c(=O)cnc4ccccc43)cn2)CC1. The lowest BCUT2D eigenvalue weighted by Gasteiger charge is -2.33. The lowest BCUT2D eigenvalue weighted by Crippen LogP contribution is -2.44. The van der Waals surface area contributed by atoms with Crippen LogP contribution in [0.15, 0.2) is 53.6 Å². The van der Waals surface area contributed by atoms with Crippen molar-refractivity contribution in [2.75, 3.05) is 43.4 Å². The van der Waals surface area contributed by atoms with Gasteiger partial charge in [-0.05, 0) is 31.3 Å². The number of anilines is 2. The van der Waals surface area contributed by atoms with E-state index in [1.807, 2.05) is 30.3 Å². The molecule has 3 aromatic rings. The Hall–Kier alpha value is -3.26. The Morgan fingerprint density at radius 1 is 1.04 bits per heavy atom. The van der Waals surface area contributed by atoms with Crippen molar-refractivity contribution in [2.24, 2.45) is 0 Å². The number of likely N-dealkylation sites (N-methyl/N-ethyl adjacent to an activating group) is 1. The Balaban J connectivity index is 1.45. The fourth-order valence-electron chi connectivity index (χ4n) is 3.30. The molecule has 4 rings (SSSR count). The quantitative estimate of drug-likeness (QED) is 0.734. The smallest absolute Gasteiger partial charge is 0.269 e. The summed E-state index contributed by atoms with van der Waals surface area (Å²) in [6.45, 7) is 3.81. The number of fused-ring (bicyclic) bond motifs is 1. The van der Waals surface area contributed by atoms with Gasteiger partial charge in [0.25, 0.3) is 5.56 Å². The lowest BCUT2D eigenvalue weighted by atomic mass is 10.3. The van der Waals surface area contributed by atoms with Crippen LogP contribution < -0.4 is 15.8 Å². The third-order valence-corrected chi connectivity index (χ3v) is 4.91. The zero-order valence-corrected chi connectivity index (χ0v) is 15.7. The number of aromatic nitrogens is 3. The molecule has 1 amide bonds. The molecule has 2 aromatic heterocycles. The number of rotatable bonds is 4. The van der Waals surface area contributed by atoms with E-state index < -0.39 is 0 Å². The highest BCUT2D eigenvalue weighted by atomic mass is 16.2. The molecule has 8 nitrogen and oxygen atoms in total. The van der Waals surface area contributed by atoms with E-state index in [9.17, 15) is 9.59 Å². The van der Waals surface area contributed by atoms with Gasteiger partial charge in [0.1, 0.15) is 12.4 Å². The van der Waals surface area contributed by atoms with Gasteiger partial charge < -0.3 is 15.1 Å². The number of carbonyl (C=O) groups is 1. The molecule has 0 radical (unpaired) electrons. The summed E-state index contributed by atoms with van der Waals surface area (Å²) in [5.41, 5.74) is 1.61. The first kappa shape index (κ1) is 18.1. The maximum absolute atomic E-state index is 12.5. The van der Waals surface area contributed by atoms with Crippen molar-refractivity contribution < 1.29 is 4.79 Å². The van der Waals surface area contributed by atoms with Crippen LogP contribution in [0.4, 0.5) is 11.5 Å². The molecular formula is C20H22N6O2. The van der Waals surface area contributed by atoms with Gasteiger partial charge in [0.2, 0.25) is 5.91 Å². The number of para-hydroxylation sites is 2. The van der Waals surface area contributed by atoms with Crippen LogP contribution in [0, 0.1) is 0 Å². The minimum absolute atomic E-state index is 0.0813. The van der Waals surface area contributed by atoms with Crippen LogP contribution in [0.2, 0.25) is 0 Å². The zero-order valence-electron chi connectivity index (χ0n) is 15.7. The van der Waals surface area contributed by atoms with Gasteiger partial charge in [-0.15, -0.1) is 0 Å². The molecule has 28 heavy (non-hydrogen) atoms. The first-order chi connectivity index (χ1) is 13.6. The standard InChI is InChI=1S/C20H22N6O2/c1-24-8-10-25(11-9-24)18-7-6-15(12-22-18)23-19(27)14-26-17-5-3-2-4-16(17)21-13-20(26)28/h2-7,12-13H,8-11,14H2,1H3,(H,23,27). The summed E-state index contributed by atoms with van der Waals surface area (Å²) < 4.78 is 1.42. The summed E-state index contributed by atoms with van der Waals surface area (Å²) in [5, 5.41) is 2.81. The molecule has 1 N–H and O–H groups in total. The van der Waals surface area contributed by atoms with Gasteiger partial charge in [0.15, 0.2) is 0 Å². The minimum atomic E-state index is -0.308. The van der Waals surface area contributed by atoms with Gasteiger partial charge in [0.05, 0.1) is 29.1 Å². The first-order valence-corrected chi connectivity index (χ1v) is 9.24. The highest BCUT2D eigenvalue weighted by molar-refractivity contribution is 5.91. The van der Waals surface area contributed by atoms with Crippen LogP contribution in [-0.4, -0.2) is 58.6 Å². The van der Waals surface area contributed by atoms with E-state index in [0.717, 1.165) is 32.0 Å². The van der Waals surface area contributed by atoms with Crippen molar-refractivity contribution in [1.29, 1.82) is 0 Å². The number of pyridine rings is 1. The molecule has 1 fully saturated rings. The Labute approximate surface area is 162 Å². The van der Waals surface area contributed by atoms with Crippen molar-refractivity contribution >= 4 is 28.4 Å². The van der Waals surface area contributed by atoms with Crippen LogP contribution >= 0.6 is 0 Å². The van der Waals surface area contributed by atoms with Crippen molar-refractivity contribution in [3.8, 4) is 0 Å². The second-order valence-electron chi connectivity index (χ2n) is 6.91. The number of hydrogen-bond donors (Lipinski definition) is 1. The second-order valence-corrected chi connectivity index (χ2v) is 6.91. The van der Waals surface area contributed by atoms with E-state index in [1.165, 1.54) is 10.8 Å². The molecule has 0 unspecified atom stereocenters. The first-order valence-electron chi connectivity index (χ1n) is 9.24. The van der Waals surface area contributed by atoms with E-state index in [0.29, 0.717) is 16.7 Å². The van der Waals surface area contributed by atoms with E-state index in [4.69, 9.17) is 0 Å². The topological polar surface area (TPSA) is 83.4 Å². The van der Waals surface area contributed by atoms with Gasteiger partial charge in [0, 0.05) is 26.2 Å². The van der Waals surface area contributed by atoms with Crippen molar-refractivity contribution in [3.63, 3.8) is 0 Å². The molecule has 0 spiro atoms. The van der Waals surface area contributed by atoms with Crippen LogP contribution in [0.1, 0.15) is 0 Å². The summed E-state index contributed by atoms with van der Waals surface area (Å²) >= 11 is 0. The minimum Gasteiger partial charge on any atom is -0.354 e. The number of nitrogens with one attached hydrogen (secondary N) is 1. The van der Waals surface area contributed by atoms with E-state index in [-0.39, 0.29) is 18.0 Å². The predicted molar refractivity (Wildman–Crippen MR) is 109 cm³/mol. The second kappa shape index (κ2) is 7.77. The normalized spacial score (nSPS) is 15.0. The molecule has 0 atom stereocenters. The highest BCUT2D eigenvalue weighted by Gasteiger charge is 2.15. The Bertz CT molecular complexity index is 1040. The number of benzene rings is 1. The Kier molecular flexibility index (Phi) is 5.03. The highest BCUT2D eigenvalue weighted by Crippen LogP contribution is 2.16. The molecule has 3 heterocycles. The zero-order chi connectivity index (χ0) is 19.5. The predicted octanol–water partition coefficient (Wildman–Crippen LogP) is 1.18. The molecule has 1 aliphatic heterocycles. The number of carbonyl (C=O) groups excluding carboxylic acids is 1. The molecule has 144 valence electrons. The Morgan fingerprint density at radius 3 is 2.57 bits per heavy atom. The van der Waals surface area contributed by atoms with Gasteiger partial charge in [-0.2, -0.15) is 0 Å². The maximum atomic E-state index is 12.5. The number of amides is 1. The number of nitrogens with zero attached hydrogens (tertiary/aromatic N) is 5. The van der Waals surface area contributed by atoms with Gasteiger partial charge in [-0.25, -0.2) is 9.97 Å². The molecule has 1 aromatic carbocycles. The maximum Gasteiger partial charge on any atom is 0.269 e. The average molecular weight is 378 g/mol. The van der Waals surface area contributed by atoms with Crippen LogP contribution in [0.25, 0.3) is 11.0 Å². The van der Waals surface area contributed by atoms with Gasteiger partial charge >= 0.3 is 0 Å². The molecule has 0 saturated carbocycles. The largest absolute Gasteiger partial charge is 0.354 e.